The van der Waals surface area contributed by atoms with Crippen LogP contribution >= 0.6 is 0 Å². The molecule has 0 spiro atoms. The van der Waals surface area contributed by atoms with Gasteiger partial charge >= 0.3 is 6.18 Å². The molecule has 0 radical (unpaired) electrons. The second-order valence-electron chi connectivity index (χ2n) is 2.39. The summed E-state index contributed by atoms with van der Waals surface area (Å²) in [6.45, 7) is 0.226. The van der Waals surface area contributed by atoms with Crippen molar-refractivity contribution in [1.82, 2.24) is 15.3 Å². The van der Waals surface area contributed by atoms with Crippen molar-refractivity contribution in [3.63, 3.8) is 0 Å². The SMILES string of the molecule is CNCc1nccc(C(F)(F)F)n1. The lowest BCUT2D eigenvalue weighted by atomic mass is 10.4. The number of aromatic nitrogens is 2. The molecule has 0 aliphatic carbocycles. The molecule has 0 saturated carbocycles. The van der Waals surface area contributed by atoms with E-state index in [-0.39, 0.29) is 12.4 Å². The Labute approximate surface area is 73.0 Å². The van der Waals surface area contributed by atoms with Crippen LogP contribution < -0.4 is 5.32 Å². The molecule has 1 N–H and O–H groups in total. The highest BCUT2D eigenvalue weighted by molar-refractivity contribution is 5.05. The van der Waals surface area contributed by atoms with Gasteiger partial charge in [-0.15, -0.1) is 0 Å². The second-order valence-corrected chi connectivity index (χ2v) is 2.39. The first-order chi connectivity index (χ1) is 6.04. The lowest BCUT2D eigenvalue weighted by Gasteiger charge is -2.06. The molecule has 1 aromatic heterocycles. The van der Waals surface area contributed by atoms with Gasteiger partial charge in [-0.05, 0) is 13.1 Å². The molecule has 0 aliphatic rings. The molecule has 13 heavy (non-hydrogen) atoms. The quantitative estimate of drug-likeness (QED) is 0.763. The Hall–Kier alpha value is -1.17. The van der Waals surface area contributed by atoms with Crippen molar-refractivity contribution in [2.75, 3.05) is 7.05 Å². The van der Waals surface area contributed by atoms with Gasteiger partial charge in [0.2, 0.25) is 0 Å². The maximum atomic E-state index is 12.1. The monoisotopic (exact) mass is 191 g/mol. The van der Waals surface area contributed by atoms with Crippen LogP contribution in [0.15, 0.2) is 12.3 Å². The van der Waals surface area contributed by atoms with Gasteiger partial charge < -0.3 is 5.32 Å². The predicted octanol–water partition coefficient (Wildman–Crippen LogP) is 1.21. The highest BCUT2D eigenvalue weighted by atomic mass is 19.4. The van der Waals surface area contributed by atoms with E-state index in [0.29, 0.717) is 0 Å². The van der Waals surface area contributed by atoms with Gasteiger partial charge in [-0.25, -0.2) is 9.97 Å². The van der Waals surface area contributed by atoms with Crippen molar-refractivity contribution in [3.8, 4) is 0 Å². The Balaban J connectivity index is 2.92. The molecule has 1 heterocycles. The summed E-state index contributed by atoms with van der Waals surface area (Å²) in [6, 6.07) is 0.846. The molecule has 0 unspecified atom stereocenters. The Morgan fingerprint density at radius 3 is 2.69 bits per heavy atom. The highest BCUT2D eigenvalue weighted by Gasteiger charge is 2.32. The van der Waals surface area contributed by atoms with Crippen LogP contribution in [0.1, 0.15) is 11.5 Å². The van der Waals surface area contributed by atoms with Gasteiger partial charge in [-0.3, -0.25) is 0 Å². The van der Waals surface area contributed by atoms with Crippen LogP contribution in [-0.4, -0.2) is 17.0 Å². The van der Waals surface area contributed by atoms with Crippen LogP contribution in [0.25, 0.3) is 0 Å². The van der Waals surface area contributed by atoms with E-state index in [2.05, 4.69) is 15.3 Å². The summed E-state index contributed by atoms with van der Waals surface area (Å²) in [6.07, 6.45) is -3.30. The number of hydrogen-bond acceptors (Lipinski definition) is 3. The van der Waals surface area contributed by atoms with E-state index < -0.39 is 11.9 Å². The lowest BCUT2D eigenvalue weighted by Crippen LogP contribution is -2.14. The lowest BCUT2D eigenvalue weighted by molar-refractivity contribution is -0.141. The Morgan fingerprint density at radius 2 is 2.15 bits per heavy atom. The molecule has 0 aromatic carbocycles. The van der Waals surface area contributed by atoms with Gasteiger partial charge in [-0.1, -0.05) is 0 Å². The number of alkyl halides is 3. The molecule has 3 nitrogen and oxygen atoms in total. The van der Waals surface area contributed by atoms with Crippen LogP contribution in [0.4, 0.5) is 13.2 Å². The van der Waals surface area contributed by atoms with Crippen molar-refractivity contribution in [3.05, 3.63) is 23.8 Å². The van der Waals surface area contributed by atoms with Gasteiger partial charge in [0, 0.05) is 6.20 Å². The highest BCUT2D eigenvalue weighted by Crippen LogP contribution is 2.26. The third-order valence-electron chi connectivity index (χ3n) is 1.33. The molecule has 72 valence electrons. The molecular weight excluding hydrogens is 183 g/mol. The van der Waals surface area contributed by atoms with Gasteiger partial charge in [0.25, 0.3) is 0 Å². The summed E-state index contributed by atoms with van der Waals surface area (Å²) < 4.78 is 36.3. The van der Waals surface area contributed by atoms with Crippen LogP contribution in [0.2, 0.25) is 0 Å². The third kappa shape index (κ3) is 2.66. The van der Waals surface area contributed by atoms with Crippen LogP contribution in [-0.2, 0) is 12.7 Å². The Morgan fingerprint density at radius 1 is 1.46 bits per heavy atom. The zero-order valence-corrected chi connectivity index (χ0v) is 6.89. The zero-order chi connectivity index (χ0) is 9.90. The van der Waals surface area contributed by atoms with Gasteiger partial charge in [0.1, 0.15) is 11.5 Å². The number of hydrogen-bond donors (Lipinski definition) is 1. The van der Waals surface area contributed by atoms with Crippen LogP contribution in [0.5, 0.6) is 0 Å². The van der Waals surface area contributed by atoms with E-state index >= 15 is 0 Å². The smallest absolute Gasteiger partial charge is 0.313 e. The average Bonchev–Trinajstić information content (AvgIpc) is 2.04. The van der Waals surface area contributed by atoms with Crippen molar-refractivity contribution in [1.29, 1.82) is 0 Å². The second kappa shape index (κ2) is 3.69. The first-order valence-electron chi connectivity index (χ1n) is 3.58. The zero-order valence-electron chi connectivity index (χ0n) is 6.89. The summed E-state index contributed by atoms with van der Waals surface area (Å²) >= 11 is 0. The van der Waals surface area contributed by atoms with Gasteiger partial charge in [0.15, 0.2) is 0 Å². The number of rotatable bonds is 2. The summed E-state index contributed by atoms with van der Waals surface area (Å²) in [5.74, 6) is 0.136. The minimum Gasteiger partial charge on any atom is -0.313 e. The minimum atomic E-state index is -4.40. The van der Waals surface area contributed by atoms with E-state index in [1.165, 1.54) is 0 Å². The van der Waals surface area contributed by atoms with E-state index in [1.54, 1.807) is 7.05 Å². The molecular formula is C7H8F3N3. The summed E-state index contributed by atoms with van der Waals surface area (Å²) in [7, 11) is 1.61. The number of nitrogens with zero attached hydrogens (tertiary/aromatic N) is 2. The third-order valence-corrected chi connectivity index (χ3v) is 1.33. The van der Waals surface area contributed by atoms with Crippen molar-refractivity contribution in [2.45, 2.75) is 12.7 Å². The molecule has 0 bridgehead atoms. The molecule has 6 heteroatoms. The van der Waals surface area contributed by atoms with Crippen LogP contribution in [0, 0.1) is 0 Å². The van der Waals surface area contributed by atoms with Gasteiger partial charge in [0.05, 0.1) is 6.54 Å². The van der Waals surface area contributed by atoms with E-state index in [9.17, 15) is 13.2 Å². The minimum absolute atomic E-state index is 0.136. The van der Waals surface area contributed by atoms with Crippen molar-refractivity contribution < 1.29 is 13.2 Å². The number of halogens is 3. The Kier molecular flexibility index (Phi) is 2.82. The number of nitrogens with one attached hydrogen (secondary N) is 1. The molecule has 0 fully saturated rings. The fourth-order valence-electron chi connectivity index (χ4n) is 0.800. The standard InChI is InChI=1S/C7H8F3N3/c1-11-4-6-12-3-2-5(13-6)7(8,9)10/h2-3,11H,4H2,1H3. The molecule has 0 atom stereocenters. The average molecular weight is 191 g/mol. The van der Waals surface area contributed by atoms with Crippen molar-refractivity contribution in [2.24, 2.45) is 0 Å². The normalized spacial score (nSPS) is 11.7. The van der Waals surface area contributed by atoms with Crippen LogP contribution in [0.3, 0.4) is 0 Å². The van der Waals surface area contributed by atoms with E-state index in [1.807, 2.05) is 0 Å². The topological polar surface area (TPSA) is 37.8 Å². The fourth-order valence-corrected chi connectivity index (χ4v) is 0.800. The molecule has 0 aliphatic heterocycles. The molecule has 1 rings (SSSR count). The van der Waals surface area contributed by atoms with E-state index in [0.717, 1.165) is 12.3 Å². The van der Waals surface area contributed by atoms with Crippen molar-refractivity contribution >= 4 is 0 Å². The Bertz CT molecular complexity index is 285. The maximum absolute atomic E-state index is 12.1. The maximum Gasteiger partial charge on any atom is 0.433 e. The first kappa shape index (κ1) is 9.91. The predicted molar refractivity (Wildman–Crippen MR) is 39.8 cm³/mol. The summed E-state index contributed by atoms with van der Waals surface area (Å²) in [5, 5.41) is 2.67. The largest absolute Gasteiger partial charge is 0.433 e. The fraction of sp³-hybridized carbons (Fsp3) is 0.429. The molecule has 0 amide bonds. The summed E-state index contributed by atoms with van der Waals surface area (Å²) in [4.78, 5) is 7.00. The first-order valence-corrected chi connectivity index (χ1v) is 3.58. The molecule has 0 saturated heterocycles. The molecule has 1 aromatic rings. The van der Waals surface area contributed by atoms with E-state index in [4.69, 9.17) is 0 Å². The van der Waals surface area contributed by atoms with Gasteiger partial charge in [-0.2, -0.15) is 13.2 Å². The summed E-state index contributed by atoms with van der Waals surface area (Å²) in [5.41, 5.74) is -0.909.